The maximum Gasteiger partial charge on any atom is 0.437 e. The quantitative estimate of drug-likeness (QED) is 0.573. The molecular weight excluding hydrogens is 401 g/mol. The van der Waals surface area contributed by atoms with Gasteiger partial charge in [0.15, 0.2) is 17.3 Å². The van der Waals surface area contributed by atoms with Crippen LogP contribution in [0.4, 0.5) is 18.0 Å². The summed E-state index contributed by atoms with van der Waals surface area (Å²) >= 11 is 0.911. The van der Waals surface area contributed by atoms with E-state index in [2.05, 4.69) is 5.32 Å². The maximum absolute atomic E-state index is 13.7. The Labute approximate surface area is 160 Å². The molecule has 3 unspecified atom stereocenters. The molecule has 0 aliphatic carbocycles. The van der Waals surface area contributed by atoms with Gasteiger partial charge in [-0.2, -0.15) is 13.2 Å². The molecular formula is C17H15F3N2O5S. The molecule has 0 spiro atoms. The predicted molar refractivity (Wildman–Crippen MR) is 92.2 cm³/mol. The van der Waals surface area contributed by atoms with Gasteiger partial charge in [0, 0.05) is 0 Å². The number of thiophene rings is 1. The average Bonchev–Trinajstić information content (AvgIpc) is 3.15. The number of alkyl halides is 3. The summed E-state index contributed by atoms with van der Waals surface area (Å²) in [6.07, 6.45) is -5.33. The van der Waals surface area contributed by atoms with Gasteiger partial charge in [-0.3, -0.25) is 4.79 Å². The van der Waals surface area contributed by atoms with Crippen molar-refractivity contribution >= 4 is 23.2 Å². The van der Waals surface area contributed by atoms with E-state index in [0.29, 0.717) is 0 Å². The van der Waals surface area contributed by atoms with Gasteiger partial charge < -0.3 is 25.6 Å². The zero-order valence-corrected chi connectivity index (χ0v) is 15.1. The summed E-state index contributed by atoms with van der Waals surface area (Å²) in [4.78, 5) is 24.8. The standard InChI is InChI=1S/C17H15F3N2O5S/c1-27-10-7-8(4-5-9(10)23)13-12(14(24)11-3-2-6-28-11)16(26,17(18,19)20)22-15(25)21-13/h2-7,12-13,23,26H,1H3,(H2,21,22,25). The SMILES string of the molecule is COc1cc(C2NC(=O)NC(O)(C(F)(F)F)C2C(=O)c2cccs2)ccc1O. The lowest BCUT2D eigenvalue weighted by atomic mass is 9.78. The fourth-order valence-corrected chi connectivity index (χ4v) is 3.78. The second kappa shape index (κ2) is 6.99. The summed E-state index contributed by atoms with van der Waals surface area (Å²) < 4.78 is 46.2. The third-order valence-electron chi connectivity index (χ3n) is 4.42. The van der Waals surface area contributed by atoms with E-state index in [9.17, 15) is 33.0 Å². The van der Waals surface area contributed by atoms with Crippen LogP contribution in [0.15, 0.2) is 35.7 Å². The highest BCUT2D eigenvalue weighted by molar-refractivity contribution is 7.12. The van der Waals surface area contributed by atoms with Crippen LogP contribution in [0.3, 0.4) is 0 Å². The third kappa shape index (κ3) is 3.27. The van der Waals surface area contributed by atoms with Crippen molar-refractivity contribution in [3.05, 3.63) is 46.2 Å². The number of phenols is 1. The number of halogens is 3. The zero-order chi connectivity index (χ0) is 20.7. The fourth-order valence-electron chi connectivity index (χ4n) is 3.08. The topological polar surface area (TPSA) is 108 Å². The van der Waals surface area contributed by atoms with Crippen molar-refractivity contribution in [1.82, 2.24) is 10.6 Å². The van der Waals surface area contributed by atoms with Gasteiger partial charge >= 0.3 is 12.2 Å². The van der Waals surface area contributed by atoms with Crippen molar-refractivity contribution < 1.29 is 37.7 Å². The van der Waals surface area contributed by atoms with Crippen LogP contribution in [0, 0.1) is 5.92 Å². The summed E-state index contributed by atoms with van der Waals surface area (Å²) in [5, 5.41) is 25.4. The molecule has 7 nitrogen and oxygen atoms in total. The van der Waals surface area contributed by atoms with Gasteiger partial charge in [0.25, 0.3) is 0 Å². The van der Waals surface area contributed by atoms with Crippen LogP contribution in [-0.2, 0) is 0 Å². The number of carbonyl (C=O) groups excluding carboxylic acids is 2. The minimum atomic E-state index is -5.33. The molecule has 0 saturated carbocycles. The van der Waals surface area contributed by atoms with Gasteiger partial charge in [0.2, 0.25) is 5.72 Å². The Morgan fingerprint density at radius 3 is 2.61 bits per heavy atom. The lowest BCUT2D eigenvalue weighted by Gasteiger charge is -2.44. The summed E-state index contributed by atoms with van der Waals surface area (Å²) in [6.45, 7) is 0. The number of amides is 2. The Morgan fingerprint density at radius 2 is 2.04 bits per heavy atom. The Balaban J connectivity index is 2.17. The third-order valence-corrected chi connectivity index (χ3v) is 5.30. The Hall–Kier alpha value is -2.79. The highest BCUT2D eigenvalue weighted by Crippen LogP contribution is 2.45. The number of nitrogens with one attached hydrogen (secondary N) is 2. The number of hydrogen-bond donors (Lipinski definition) is 4. The van der Waals surface area contributed by atoms with E-state index in [4.69, 9.17) is 4.74 Å². The summed E-state index contributed by atoms with van der Waals surface area (Å²) in [7, 11) is 1.24. The number of hydrogen-bond acceptors (Lipinski definition) is 6. The highest BCUT2D eigenvalue weighted by atomic mass is 32.1. The van der Waals surface area contributed by atoms with Gasteiger partial charge in [-0.15, -0.1) is 11.3 Å². The molecule has 11 heteroatoms. The smallest absolute Gasteiger partial charge is 0.437 e. The second-order valence-corrected chi connectivity index (χ2v) is 7.04. The van der Waals surface area contributed by atoms with E-state index in [-0.39, 0.29) is 21.9 Å². The van der Waals surface area contributed by atoms with Gasteiger partial charge in [-0.1, -0.05) is 12.1 Å². The molecule has 28 heavy (non-hydrogen) atoms. The van der Waals surface area contributed by atoms with Crippen LogP contribution in [0.2, 0.25) is 0 Å². The van der Waals surface area contributed by atoms with E-state index < -0.39 is 35.7 Å². The van der Waals surface area contributed by atoms with Crippen LogP contribution in [0.25, 0.3) is 0 Å². The largest absolute Gasteiger partial charge is 0.504 e. The number of phenolic OH excluding ortho intramolecular Hbond substituents is 1. The van der Waals surface area contributed by atoms with E-state index in [0.717, 1.165) is 17.4 Å². The van der Waals surface area contributed by atoms with E-state index in [1.165, 1.54) is 42.1 Å². The number of urea groups is 1. The molecule has 1 saturated heterocycles. The number of aliphatic hydroxyl groups is 1. The number of methoxy groups -OCH3 is 1. The first kappa shape index (κ1) is 20.0. The number of aromatic hydroxyl groups is 1. The van der Waals surface area contributed by atoms with Crippen LogP contribution in [0.1, 0.15) is 21.3 Å². The first-order valence-corrected chi connectivity index (χ1v) is 8.79. The number of rotatable bonds is 4. The lowest BCUT2D eigenvalue weighted by molar-refractivity contribution is -0.287. The van der Waals surface area contributed by atoms with Crippen molar-refractivity contribution in [2.24, 2.45) is 5.92 Å². The van der Waals surface area contributed by atoms with E-state index in [1.807, 2.05) is 0 Å². The predicted octanol–water partition coefficient (Wildman–Crippen LogP) is 2.57. The summed E-state index contributed by atoms with van der Waals surface area (Å²) in [5.41, 5.74) is -3.76. The molecule has 1 aliphatic heterocycles. The highest BCUT2D eigenvalue weighted by Gasteiger charge is 2.66. The monoisotopic (exact) mass is 416 g/mol. The average molecular weight is 416 g/mol. The Bertz CT molecular complexity index is 903. The van der Waals surface area contributed by atoms with Crippen LogP contribution < -0.4 is 15.4 Å². The van der Waals surface area contributed by atoms with E-state index >= 15 is 0 Å². The Kier molecular flexibility index (Phi) is 4.98. The molecule has 2 aromatic rings. The van der Waals surface area contributed by atoms with Crippen LogP contribution >= 0.6 is 11.3 Å². The molecule has 0 radical (unpaired) electrons. The molecule has 1 aromatic carbocycles. The van der Waals surface area contributed by atoms with Gasteiger partial charge in [-0.05, 0) is 29.1 Å². The van der Waals surface area contributed by atoms with Crippen LogP contribution in [0.5, 0.6) is 11.5 Å². The van der Waals surface area contributed by atoms with Gasteiger partial charge in [0.1, 0.15) is 5.92 Å². The molecule has 150 valence electrons. The number of ether oxygens (including phenoxy) is 1. The molecule has 1 fully saturated rings. The van der Waals surface area contributed by atoms with Crippen molar-refractivity contribution in [3.63, 3.8) is 0 Å². The molecule has 1 aliphatic rings. The number of benzene rings is 1. The first-order chi connectivity index (χ1) is 13.1. The maximum atomic E-state index is 13.7. The number of Topliss-reactive ketones (excluding diaryl/α,β-unsaturated/α-hetero) is 1. The molecule has 4 N–H and O–H groups in total. The minimum absolute atomic E-state index is 0.0126. The minimum Gasteiger partial charge on any atom is -0.504 e. The second-order valence-electron chi connectivity index (χ2n) is 6.09. The van der Waals surface area contributed by atoms with Crippen molar-refractivity contribution in [1.29, 1.82) is 0 Å². The van der Waals surface area contributed by atoms with Gasteiger partial charge in [0.05, 0.1) is 18.0 Å². The van der Waals surface area contributed by atoms with Gasteiger partial charge in [-0.25, -0.2) is 4.79 Å². The molecule has 0 bridgehead atoms. The van der Waals surface area contributed by atoms with Crippen molar-refractivity contribution in [2.45, 2.75) is 17.9 Å². The van der Waals surface area contributed by atoms with Crippen LogP contribution in [-0.4, -0.2) is 41.0 Å². The summed E-state index contributed by atoms with van der Waals surface area (Å²) in [5.74, 6) is -3.47. The zero-order valence-electron chi connectivity index (χ0n) is 14.3. The molecule has 3 atom stereocenters. The molecule has 2 amide bonds. The normalized spacial score (nSPS) is 25.0. The van der Waals surface area contributed by atoms with Crippen molar-refractivity contribution in [3.8, 4) is 11.5 Å². The lowest BCUT2D eigenvalue weighted by Crippen LogP contribution is -2.72. The first-order valence-electron chi connectivity index (χ1n) is 7.91. The molecule has 2 heterocycles. The van der Waals surface area contributed by atoms with E-state index in [1.54, 1.807) is 0 Å². The number of carbonyl (C=O) groups is 2. The fraction of sp³-hybridized carbons (Fsp3) is 0.294. The summed E-state index contributed by atoms with van der Waals surface area (Å²) in [6, 6.07) is 3.56. The number of ketones is 1. The molecule has 3 rings (SSSR count). The Morgan fingerprint density at radius 1 is 1.32 bits per heavy atom. The molecule has 1 aromatic heterocycles. The van der Waals surface area contributed by atoms with Crippen molar-refractivity contribution in [2.75, 3.05) is 7.11 Å².